The van der Waals surface area contributed by atoms with Crippen LogP contribution in [0.5, 0.6) is 0 Å². The topological polar surface area (TPSA) is 102 Å². The Hall–Kier alpha value is -4.44. The molecule has 0 fully saturated rings. The first-order valence-electron chi connectivity index (χ1n) is 12.2. The predicted octanol–water partition coefficient (Wildman–Crippen LogP) is 6.58. The van der Waals surface area contributed by atoms with Crippen LogP contribution in [0.3, 0.4) is 0 Å². The average Bonchev–Trinajstić information content (AvgIpc) is 3.57. The van der Waals surface area contributed by atoms with Crippen LogP contribution in [-0.2, 0) is 23.7 Å². The normalized spacial score (nSPS) is 12.0. The van der Waals surface area contributed by atoms with Crippen molar-refractivity contribution in [3.05, 3.63) is 95.3 Å². The molecule has 0 unspecified atom stereocenters. The smallest absolute Gasteiger partial charge is 0.345 e. The van der Waals surface area contributed by atoms with Crippen LogP contribution in [-0.4, -0.2) is 37.3 Å². The second-order valence-electron chi connectivity index (χ2n) is 8.83. The number of anilines is 1. The third kappa shape index (κ3) is 6.97. The van der Waals surface area contributed by atoms with Gasteiger partial charge in [-0.15, -0.1) is 10.2 Å². The van der Waals surface area contributed by atoms with E-state index in [1.807, 2.05) is 12.1 Å². The van der Waals surface area contributed by atoms with Crippen molar-refractivity contribution < 1.29 is 35.9 Å². The van der Waals surface area contributed by atoms with Crippen molar-refractivity contribution in [3.63, 3.8) is 0 Å². The summed E-state index contributed by atoms with van der Waals surface area (Å²) in [5.41, 5.74) is -2.10. The molecule has 0 aliphatic heterocycles. The standard InChI is InChI=1S/C27H18F6N6O2S2/c28-26(29,30)15-6-5-7-16(12-15)39-21(13-34-23(41)17-8-1-2-9-18(17)27(31,32)33)37-38-25(39)42-14-22(40)36-24-35-19-10-3-4-11-20(19)43-24/h1-12H,13-14H2,(H,34,41)(H,35,36,40). The van der Waals surface area contributed by atoms with Crippen LogP contribution in [0.25, 0.3) is 15.9 Å². The number of thiazole rings is 1. The zero-order valence-electron chi connectivity index (χ0n) is 21.5. The molecule has 2 amide bonds. The van der Waals surface area contributed by atoms with Crippen LogP contribution in [0, 0.1) is 0 Å². The van der Waals surface area contributed by atoms with Crippen molar-refractivity contribution in [3.8, 4) is 5.69 Å². The molecule has 0 radical (unpaired) electrons. The highest BCUT2D eigenvalue weighted by molar-refractivity contribution is 7.99. The Morgan fingerprint density at radius 1 is 0.884 bits per heavy atom. The summed E-state index contributed by atoms with van der Waals surface area (Å²) in [5.74, 6) is -1.85. The number of halogens is 6. The largest absolute Gasteiger partial charge is 0.417 e. The highest BCUT2D eigenvalue weighted by Crippen LogP contribution is 2.33. The Morgan fingerprint density at radius 3 is 2.37 bits per heavy atom. The van der Waals surface area contributed by atoms with Gasteiger partial charge in [0.25, 0.3) is 5.91 Å². The van der Waals surface area contributed by atoms with Crippen LogP contribution >= 0.6 is 23.1 Å². The van der Waals surface area contributed by atoms with E-state index in [2.05, 4.69) is 25.8 Å². The summed E-state index contributed by atoms with van der Waals surface area (Å²) in [6.45, 7) is -0.479. The van der Waals surface area contributed by atoms with E-state index >= 15 is 0 Å². The number of hydrogen-bond donors (Lipinski definition) is 2. The maximum atomic E-state index is 13.5. The number of aromatic nitrogens is 4. The van der Waals surface area contributed by atoms with Crippen molar-refractivity contribution in [1.82, 2.24) is 25.1 Å². The predicted molar refractivity (Wildman–Crippen MR) is 148 cm³/mol. The van der Waals surface area contributed by atoms with Crippen molar-refractivity contribution in [2.75, 3.05) is 11.1 Å². The lowest BCUT2D eigenvalue weighted by Gasteiger charge is -2.14. The lowest BCUT2D eigenvalue weighted by Crippen LogP contribution is -2.27. The molecule has 5 aromatic rings. The van der Waals surface area contributed by atoms with E-state index in [1.165, 1.54) is 28.0 Å². The third-order valence-electron chi connectivity index (χ3n) is 5.89. The number of amides is 2. The lowest BCUT2D eigenvalue weighted by atomic mass is 10.1. The van der Waals surface area contributed by atoms with Gasteiger partial charge >= 0.3 is 12.4 Å². The van der Waals surface area contributed by atoms with E-state index < -0.39 is 47.4 Å². The van der Waals surface area contributed by atoms with Gasteiger partial charge in [0, 0.05) is 0 Å². The average molecular weight is 637 g/mol. The number of benzene rings is 3. The van der Waals surface area contributed by atoms with E-state index in [9.17, 15) is 35.9 Å². The Bertz CT molecular complexity index is 1770. The first-order chi connectivity index (χ1) is 20.4. The van der Waals surface area contributed by atoms with E-state index in [-0.39, 0.29) is 22.4 Å². The molecule has 8 nitrogen and oxygen atoms in total. The Morgan fingerprint density at radius 2 is 1.63 bits per heavy atom. The summed E-state index contributed by atoms with van der Waals surface area (Å²) in [4.78, 5) is 29.7. The number of rotatable bonds is 8. The molecule has 5 rings (SSSR count). The molecular weight excluding hydrogens is 618 g/mol. The van der Waals surface area contributed by atoms with E-state index in [0.717, 1.165) is 52.9 Å². The second kappa shape index (κ2) is 12.0. The molecule has 0 saturated heterocycles. The van der Waals surface area contributed by atoms with E-state index in [4.69, 9.17) is 0 Å². The molecule has 0 aliphatic rings. The molecule has 0 spiro atoms. The maximum absolute atomic E-state index is 13.5. The van der Waals surface area contributed by atoms with Gasteiger partial charge in [0.05, 0.1) is 44.9 Å². The summed E-state index contributed by atoms with van der Waals surface area (Å²) in [7, 11) is 0. The van der Waals surface area contributed by atoms with E-state index in [0.29, 0.717) is 10.6 Å². The SMILES string of the molecule is O=C(CSc1nnc(CNC(=O)c2ccccc2C(F)(F)F)n1-c1cccc(C(F)(F)F)c1)Nc1nc2ccccc2s1. The number of nitrogens with zero attached hydrogens (tertiary/aromatic N) is 4. The van der Waals surface area contributed by atoms with Crippen molar-refractivity contribution >= 4 is 50.3 Å². The van der Waals surface area contributed by atoms with Gasteiger partial charge in [0.2, 0.25) is 5.91 Å². The maximum Gasteiger partial charge on any atom is 0.417 e. The molecule has 2 heterocycles. The number of hydrogen-bond acceptors (Lipinski definition) is 7. The fourth-order valence-electron chi connectivity index (χ4n) is 3.98. The molecule has 2 aromatic heterocycles. The summed E-state index contributed by atoms with van der Waals surface area (Å²) < 4.78 is 82.7. The van der Waals surface area contributed by atoms with Gasteiger partial charge in [-0.1, -0.05) is 53.4 Å². The summed E-state index contributed by atoms with van der Waals surface area (Å²) in [5, 5.41) is 13.3. The molecule has 0 bridgehead atoms. The fourth-order valence-corrected chi connectivity index (χ4v) is 5.64. The zero-order valence-corrected chi connectivity index (χ0v) is 23.2. The Labute approximate surface area is 247 Å². The van der Waals surface area contributed by atoms with E-state index in [1.54, 1.807) is 12.1 Å². The van der Waals surface area contributed by atoms with Crippen molar-refractivity contribution in [2.45, 2.75) is 24.1 Å². The number of carbonyl (C=O) groups excluding carboxylic acids is 2. The minimum Gasteiger partial charge on any atom is -0.345 e. The molecule has 16 heteroatoms. The number of alkyl halides is 6. The van der Waals surface area contributed by atoms with Gasteiger partial charge in [-0.05, 0) is 42.5 Å². The molecule has 222 valence electrons. The van der Waals surface area contributed by atoms with Crippen LogP contribution in [0.15, 0.2) is 78.0 Å². The minimum atomic E-state index is -4.79. The summed E-state index contributed by atoms with van der Waals surface area (Å²) in [6, 6.07) is 15.6. The number of nitrogens with one attached hydrogen (secondary N) is 2. The fraction of sp³-hybridized carbons (Fsp3) is 0.148. The zero-order chi connectivity index (χ0) is 30.8. The number of thioether (sulfide) groups is 1. The quantitative estimate of drug-likeness (QED) is 0.148. The van der Waals surface area contributed by atoms with Crippen LogP contribution in [0.1, 0.15) is 27.3 Å². The molecule has 3 aromatic carbocycles. The number of para-hydroxylation sites is 1. The summed E-state index contributed by atoms with van der Waals surface area (Å²) >= 11 is 2.12. The van der Waals surface area contributed by atoms with Gasteiger partial charge in [-0.25, -0.2) is 4.98 Å². The van der Waals surface area contributed by atoms with Crippen LogP contribution < -0.4 is 10.6 Å². The van der Waals surface area contributed by atoms with Crippen LogP contribution in [0.4, 0.5) is 31.5 Å². The first kappa shape index (κ1) is 30.0. The molecule has 0 aliphatic carbocycles. The number of fused-ring (bicyclic) bond motifs is 1. The van der Waals surface area contributed by atoms with Gasteiger partial charge in [-0.2, -0.15) is 26.3 Å². The molecule has 2 N–H and O–H groups in total. The monoisotopic (exact) mass is 636 g/mol. The first-order valence-corrected chi connectivity index (χ1v) is 14.0. The Kier molecular flexibility index (Phi) is 8.41. The Balaban J connectivity index is 1.38. The van der Waals surface area contributed by atoms with Gasteiger partial charge < -0.3 is 10.6 Å². The minimum absolute atomic E-state index is 0.0127. The van der Waals surface area contributed by atoms with Gasteiger partial charge in [0.15, 0.2) is 16.1 Å². The summed E-state index contributed by atoms with van der Waals surface area (Å²) in [6.07, 6.45) is -9.47. The molecule has 0 atom stereocenters. The van der Waals surface area contributed by atoms with Gasteiger partial charge in [0.1, 0.15) is 0 Å². The second-order valence-corrected chi connectivity index (χ2v) is 10.8. The third-order valence-corrected chi connectivity index (χ3v) is 7.77. The highest BCUT2D eigenvalue weighted by atomic mass is 32.2. The van der Waals surface area contributed by atoms with Crippen molar-refractivity contribution in [2.24, 2.45) is 0 Å². The van der Waals surface area contributed by atoms with Crippen molar-refractivity contribution in [1.29, 1.82) is 0 Å². The molecule has 0 saturated carbocycles. The molecular formula is C27H18F6N6O2S2. The van der Waals surface area contributed by atoms with Crippen LogP contribution in [0.2, 0.25) is 0 Å². The van der Waals surface area contributed by atoms with Gasteiger partial charge in [-0.3, -0.25) is 14.2 Å². The number of carbonyl (C=O) groups is 2. The molecule has 43 heavy (non-hydrogen) atoms. The lowest BCUT2D eigenvalue weighted by molar-refractivity contribution is -0.138. The highest BCUT2D eigenvalue weighted by Gasteiger charge is 2.35.